The number of rotatable bonds is 5. The molecule has 1 unspecified atom stereocenters. The first-order valence-corrected chi connectivity index (χ1v) is 5.48. The van der Waals surface area contributed by atoms with Crippen molar-refractivity contribution in [3.63, 3.8) is 0 Å². The first kappa shape index (κ1) is 12.3. The van der Waals surface area contributed by atoms with E-state index >= 15 is 0 Å². The predicted molar refractivity (Wildman–Crippen MR) is 62.7 cm³/mol. The molecule has 2 aromatic rings. The Morgan fingerprint density at radius 2 is 2.22 bits per heavy atom. The number of aromatic nitrogens is 3. The van der Waals surface area contributed by atoms with E-state index in [0.717, 1.165) is 5.56 Å². The van der Waals surface area contributed by atoms with Gasteiger partial charge in [-0.05, 0) is 22.7 Å². The van der Waals surface area contributed by atoms with Crippen molar-refractivity contribution in [1.82, 2.24) is 10.1 Å². The Bertz CT molecular complexity index is 516. The van der Waals surface area contributed by atoms with Crippen LogP contribution in [0.25, 0.3) is 0 Å². The van der Waals surface area contributed by atoms with Gasteiger partial charge in [-0.3, -0.25) is 0 Å². The largest absolute Gasteiger partial charge is 0.357 e. The number of hydrogen-bond acceptors (Lipinski definition) is 2. The second-order valence-electron chi connectivity index (χ2n) is 3.73. The van der Waals surface area contributed by atoms with Crippen LogP contribution >= 0.6 is 0 Å². The number of benzene rings is 1. The highest BCUT2D eigenvalue weighted by molar-refractivity contribution is 5.18. The Balaban J connectivity index is 2.14. The molecule has 0 fully saturated rings. The standard InChI is InChI=1S/C13H12FN3O/c1-2-7-18-13(8-17-10-15-9-16-17)11-3-5-12(14)6-4-11/h1,3-6,9-10,13H,7-8H2/p+1. The fourth-order valence-electron chi connectivity index (χ4n) is 1.61. The van der Waals surface area contributed by atoms with Crippen LogP contribution < -0.4 is 4.68 Å². The van der Waals surface area contributed by atoms with Gasteiger partial charge in [0, 0.05) is 0 Å². The summed E-state index contributed by atoms with van der Waals surface area (Å²) in [5, 5.41) is 2.93. The lowest BCUT2D eigenvalue weighted by atomic mass is 10.1. The van der Waals surface area contributed by atoms with Crippen LogP contribution in [0.4, 0.5) is 4.39 Å². The van der Waals surface area contributed by atoms with E-state index in [2.05, 4.69) is 16.0 Å². The molecule has 1 heterocycles. The lowest BCUT2D eigenvalue weighted by Crippen LogP contribution is -2.38. The van der Waals surface area contributed by atoms with Crippen LogP contribution in [-0.2, 0) is 11.3 Å². The Morgan fingerprint density at radius 1 is 1.44 bits per heavy atom. The van der Waals surface area contributed by atoms with Gasteiger partial charge in [0.05, 0.1) is 0 Å². The molecule has 2 rings (SSSR count). The van der Waals surface area contributed by atoms with Crippen LogP contribution in [0.2, 0.25) is 0 Å². The normalized spacial score (nSPS) is 12.0. The molecule has 0 aliphatic carbocycles. The summed E-state index contributed by atoms with van der Waals surface area (Å²) >= 11 is 0. The smallest absolute Gasteiger partial charge is 0.306 e. The summed E-state index contributed by atoms with van der Waals surface area (Å²) in [4.78, 5) is 3.91. The quantitative estimate of drug-likeness (QED) is 0.637. The van der Waals surface area contributed by atoms with E-state index < -0.39 is 0 Å². The maximum atomic E-state index is 12.9. The van der Waals surface area contributed by atoms with Crippen LogP contribution in [0.15, 0.2) is 36.9 Å². The third-order valence-electron chi connectivity index (χ3n) is 2.48. The van der Waals surface area contributed by atoms with E-state index in [1.165, 1.54) is 12.1 Å². The third kappa shape index (κ3) is 3.15. The Morgan fingerprint density at radius 3 is 2.83 bits per heavy atom. The number of terminal acetylenes is 1. The van der Waals surface area contributed by atoms with Crippen molar-refractivity contribution >= 4 is 0 Å². The summed E-state index contributed by atoms with van der Waals surface area (Å²) in [6.45, 7) is 0.740. The zero-order chi connectivity index (χ0) is 12.8. The molecule has 5 heteroatoms. The zero-order valence-corrected chi connectivity index (χ0v) is 9.71. The molecule has 1 N–H and O–H groups in total. The number of halogens is 1. The molecular formula is C13H13FN3O+. The molecule has 1 aromatic carbocycles. The number of H-pyrrole nitrogens is 1. The monoisotopic (exact) mass is 246 g/mol. The highest BCUT2D eigenvalue weighted by Gasteiger charge is 2.16. The van der Waals surface area contributed by atoms with E-state index in [0.29, 0.717) is 6.54 Å². The predicted octanol–water partition coefficient (Wildman–Crippen LogP) is 1.23. The lowest BCUT2D eigenvalue weighted by molar-refractivity contribution is -0.758. The molecule has 4 nitrogen and oxygen atoms in total. The minimum atomic E-state index is -0.274. The van der Waals surface area contributed by atoms with Crippen molar-refractivity contribution in [3.05, 3.63) is 48.3 Å². The van der Waals surface area contributed by atoms with Gasteiger partial charge in [-0.2, -0.15) is 9.78 Å². The molecule has 1 atom stereocenters. The maximum Gasteiger partial charge on any atom is 0.306 e. The molecule has 0 bridgehead atoms. The summed E-state index contributed by atoms with van der Waals surface area (Å²) in [6, 6.07) is 6.18. The van der Waals surface area contributed by atoms with Crippen molar-refractivity contribution < 1.29 is 13.8 Å². The van der Waals surface area contributed by atoms with E-state index in [9.17, 15) is 4.39 Å². The van der Waals surface area contributed by atoms with Gasteiger partial charge in [0.15, 0.2) is 0 Å². The molecule has 0 aliphatic heterocycles. The molecule has 0 saturated carbocycles. The number of nitrogens with zero attached hydrogens (tertiary/aromatic N) is 2. The summed E-state index contributed by atoms with van der Waals surface area (Å²) in [7, 11) is 0. The van der Waals surface area contributed by atoms with Crippen LogP contribution in [-0.4, -0.2) is 16.7 Å². The fourth-order valence-corrected chi connectivity index (χ4v) is 1.61. The van der Waals surface area contributed by atoms with Gasteiger partial charge in [0.25, 0.3) is 0 Å². The van der Waals surface area contributed by atoms with Crippen LogP contribution in [0.5, 0.6) is 0 Å². The van der Waals surface area contributed by atoms with E-state index in [-0.39, 0.29) is 18.5 Å². The average molecular weight is 246 g/mol. The SMILES string of the molecule is C#CCOC(C[n+]1cnc[nH]1)c1ccc(F)cc1. The average Bonchev–Trinajstić information content (AvgIpc) is 2.88. The third-order valence-corrected chi connectivity index (χ3v) is 2.48. The Labute approximate surface area is 104 Å². The lowest BCUT2D eigenvalue weighted by Gasteiger charge is -2.14. The van der Waals surface area contributed by atoms with Crippen molar-refractivity contribution in [3.8, 4) is 12.3 Å². The second kappa shape index (κ2) is 5.94. The van der Waals surface area contributed by atoms with Gasteiger partial charge in [-0.25, -0.2) is 4.39 Å². The zero-order valence-electron chi connectivity index (χ0n) is 9.71. The van der Waals surface area contributed by atoms with E-state index in [4.69, 9.17) is 11.2 Å². The molecule has 0 amide bonds. The van der Waals surface area contributed by atoms with Crippen LogP contribution in [0, 0.1) is 18.2 Å². The molecular weight excluding hydrogens is 233 g/mol. The van der Waals surface area contributed by atoms with E-state index in [1.54, 1.807) is 29.5 Å². The summed E-state index contributed by atoms with van der Waals surface area (Å²) < 4.78 is 20.2. The topological polar surface area (TPSA) is 41.8 Å². The summed E-state index contributed by atoms with van der Waals surface area (Å²) in [6.07, 6.45) is 8.17. The van der Waals surface area contributed by atoms with Crippen LogP contribution in [0.1, 0.15) is 11.7 Å². The molecule has 0 aliphatic rings. The number of ether oxygens (including phenoxy) is 1. The maximum absolute atomic E-state index is 12.9. The van der Waals surface area contributed by atoms with Crippen molar-refractivity contribution in [2.24, 2.45) is 0 Å². The van der Waals surface area contributed by atoms with Crippen molar-refractivity contribution in [2.45, 2.75) is 12.6 Å². The number of aromatic amines is 1. The van der Waals surface area contributed by atoms with Gasteiger partial charge >= 0.3 is 6.33 Å². The first-order valence-electron chi connectivity index (χ1n) is 5.48. The number of nitrogens with one attached hydrogen (secondary N) is 1. The highest BCUT2D eigenvalue weighted by Crippen LogP contribution is 2.17. The molecule has 1 aromatic heterocycles. The van der Waals surface area contributed by atoms with Gasteiger partial charge in [0.2, 0.25) is 6.33 Å². The van der Waals surface area contributed by atoms with Gasteiger partial charge < -0.3 is 4.74 Å². The van der Waals surface area contributed by atoms with Crippen molar-refractivity contribution in [2.75, 3.05) is 6.61 Å². The minimum Gasteiger partial charge on any atom is -0.357 e. The van der Waals surface area contributed by atoms with Crippen molar-refractivity contribution in [1.29, 1.82) is 0 Å². The molecule has 0 saturated heterocycles. The molecule has 0 spiro atoms. The minimum absolute atomic E-state index is 0.205. The van der Waals surface area contributed by atoms with Gasteiger partial charge in [-0.1, -0.05) is 18.1 Å². The first-order chi connectivity index (χ1) is 8.79. The van der Waals surface area contributed by atoms with Gasteiger partial charge in [-0.15, -0.1) is 6.42 Å². The summed E-state index contributed by atoms with van der Waals surface area (Å²) in [5.74, 6) is 2.15. The van der Waals surface area contributed by atoms with E-state index in [1.807, 2.05) is 0 Å². The molecule has 18 heavy (non-hydrogen) atoms. The summed E-state index contributed by atoms with van der Waals surface area (Å²) in [5.41, 5.74) is 0.869. The van der Waals surface area contributed by atoms with Gasteiger partial charge in [0.1, 0.15) is 25.1 Å². The molecule has 0 radical (unpaired) electrons. The van der Waals surface area contributed by atoms with Crippen LogP contribution in [0.3, 0.4) is 0 Å². The Hall–Kier alpha value is -2.19. The second-order valence-corrected chi connectivity index (χ2v) is 3.73. The Kier molecular flexibility index (Phi) is 4.05. The fraction of sp³-hybridized carbons (Fsp3) is 0.231. The highest BCUT2D eigenvalue weighted by atomic mass is 19.1. The molecule has 92 valence electrons. The number of hydrogen-bond donors (Lipinski definition) is 1.